The molecule has 0 spiro atoms. The number of nitrogens with one attached hydrogen (secondary N) is 1. The van der Waals surface area contributed by atoms with Gasteiger partial charge in [0, 0.05) is 25.2 Å². The lowest BCUT2D eigenvalue weighted by molar-refractivity contribution is -0.131. The van der Waals surface area contributed by atoms with Gasteiger partial charge in [-0.1, -0.05) is 18.6 Å². The standard InChI is InChI=1S/C22H31N3O4/c26-20(16-25-12-2-1-5-19(25)22-28-13-14-29-22)23-15-17-6-8-18(9-7-17)21(27)24-10-3-4-11-24/h6-9,19,22H,1-5,10-16H2,(H,23,26). The van der Waals surface area contributed by atoms with Crippen molar-refractivity contribution in [2.24, 2.45) is 0 Å². The van der Waals surface area contributed by atoms with Gasteiger partial charge < -0.3 is 19.7 Å². The molecule has 158 valence electrons. The van der Waals surface area contributed by atoms with Crippen LogP contribution in [0.3, 0.4) is 0 Å². The minimum absolute atomic E-state index is 0.00659. The maximum Gasteiger partial charge on any atom is 0.253 e. The lowest BCUT2D eigenvalue weighted by Gasteiger charge is -2.37. The Balaban J connectivity index is 1.26. The molecule has 3 aliphatic heterocycles. The van der Waals surface area contributed by atoms with Gasteiger partial charge in [0.1, 0.15) is 0 Å². The molecule has 2 amide bonds. The summed E-state index contributed by atoms with van der Waals surface area (Å²) in [6.07, 6.45) is 5.23. The molecule has 3 fully saturated rings. The Labute approximate surface area is 172 Å². The SMILES string of the molecule is O=C(CN1CCCCC1C1OCCO1)NCc1ccc(C(=O)N2CCCC2)cc1. The lowest BCUT2D eigenvalue weighted by Crippen LogP contribution is -2.50. The number of hydrogen-bond acceptors (Lipinski definition) is 5. The van der Waals surface area contributed by atoms with Crippen LogP contribution in [-0.2, 0) is 20.8 Å². The normalized spacial score (nSPS) is 23.4. The van der Waals surface area contributed by atoms with Crippen molar-refractivity contribution in [2.45, 2.75) is 51.0 Å². The molecular formula is C22H31N3O4. The first-order chi connectivity index (χ1) is 14.2. The highest BCUT2D eigenvalue weighted by molar-refractivity contribution is 5.94. The van der Waals surface area contributed by atoms with Crippen molar-refractivity contribution < 1.29 is 19.1 Å². The third-order valence-electron chi connectivity index (χ3n) is 6.06. The Morgan fingerprint density at radius 2 is 1.66 bits per heavy atom. The third-order valence-corrected chi connectivity index (χ3v) is 6.06. The van der Waals surface area contributed by atoms with Crippen LogP contribution in [0.4, 0.5) is 0 Å². The van der Waals surface area contributed by atoms with Gasteiger partial charge in [-0.3, -0.25) is 14.5 Å². The van der Waals surface area contributed by atoms with E-state index >= 15 is 0 Å². The first-order valence-corrected chi connectivity index (χ1v) is 10.8. The van der Waals surface area contributed by atoms with Gasteiger partial charge in [-0.25, -0.2) is 0 Å². The summed E-state index contributed by atoms with van der Waals surface area (Å²) in [5, 5.41) is 3.00. The van der Waals surface area contributed by atoms with E-state index in [1.165, 1.54) is 0 Å². The van der Waals surface area contributed by atoms with Crippen LogP contribution in [0.25, 0.3) is 0 Å². The molecule has 4 rings (SSSR count). The Morgan fingerprint density at radius 1 is 0.966 bits per heavy atom. The van der Waals surface area contributed by atoms with Gasteiger partial charge >= 0.3 is 0 Å². The Kier molecular flexibility index (Phi) is 6.79. The summed E-state index contributed by atoms with van der Waals surface area (Å²) in [6, 6.07) is 7.73. The number of ether oxygens (including phenoxy) is 2. The second-order valence-corrected chi connectivity index (χ2v) is 8.12. The molecule has 0 aliphatic carbocycles. The fourth-order valence-corrected chi connectivity index (χ4v) is 4.43. The molecule has 1 aromatic rings. The molecule has 1 aromatic carbocycles. The highest BCUT2D eigenvalue weighted by atomic mass is 16.7. The molecule has 0 radical (unpaired) electrons. The van der Waals surface area contributed by atoms with Crippen LogP contribution in [0.5, 0.6) is 0 Å². The molecule has 1 atom stereocenters. The van der Waals surface area contributed by atoms with Crippen molar-refractivity contribution in [3.63, 3.8) is 0 Å². The lowest BCUT2D eigenvalue weighted by atomic mass is 10.0. The van der Waals surface area contributed by atoms with Crippen molar-refractivity contribution in [1.82, 2.24) is 15.1 Å². The smallest absolute Gasteiger partial charge is 0.253 e. The third kappa shape index (κ3) is 5.15. The molecule has 0 saturated carbocycles. The highest BCUT2D eigenvalue weighted by Crippen LogP contribution is 2.24. The molecule has 3 heterocycles. The van der Waals surface area contributed by atoms with Crippen LogP contribution in [-0.4, -0.2) is 73.3 Å². The van der Waals surface area contributed by atoms with Crippen molar-refractivity contribution >= 4 is 11.8 Å². The summed E-state index contributed by atoms with van der Waals surface area (Å²) in [6.45, 7) is 4.70. The molecule has 7 heteroatoms. The largest absolute Gasteiger partial charge is 0.351 e. The van der Waals surface area contributed by atoms with Gasteiger partial charge in [-0.15, -0.1) is 0 Å². The maximum atomic E-state index is 12.5. The number of carbonyl (C=O) groups is 2. The Bertz CT molecular complexity index is 697. The number of piperidine rings is 1. The summed E-state index contributed by atoms with van der Waals surface area (Å²) in [5.74, 6) is 0.109. The Hall–Kier alpha value is -1.96. The van der Waals surface area contributed by atoms with Gasteiger partial charge in [0.05, 0.1) is 25.8 Å². The zero-order valence-corrected chi connectivity index (χ0v) is 17.0. The molecule has 3 aliphatic rings. The summed E-state index contributed by atoms with van der Waals surface area (Å²) >= 11 is 0. The van der Waals surface area contributed by atoms with Crippen LogP contribution in [0.2, 0.25) is 0 Å². The van der Waals surface area contributed by atoms with E-state index < -0.39 is 0 Å². The number of likely N-dealkylation sites (tertiary alicyclic amines) is 2. The summed E-state index contributed by atoms with van der Waals surface area (Å²) in [7, 11) is 0. The average Bonchev–Trinajstić information content (AvgIpc) is 3.47. The number of rotatable bonds is 6. The van der Waals surface area contributed by atoms with E-state index in [1.807, 2.05) is 29.2 Å². The second kappa shape index (κ2) is 9.69. The molecular weight excluding hydrogens is 370 g/mol. The first kappa shape index (κ1) is 20.3. The van der Waals surface area contributed by atoms with Crippen molar-refractivity contribution in [2.75, 3.05) is 39.4 Å². The zero-order valence-electron chi connectivity index (χ0n) is 17.0. The molecule has 29 heavy (non-hydrogen) atoms. The minimum Gasteiger partial charge on any atom is -0.351 e. The van der Waals surface area contributed by atoms with E-state index in [-0.39, 0.29) is 24.1 Å². The summed E-state index contributed by atoms with van der Waals surface area (Å²) in [5.41, 5.74) is 1.71. The van der Waals surface area contributed by atoms with Gasteiger partial charge in [0.25, 0.3) is 5.91 Å². The highest BCUT2D eigenvalue weighted by Gasteiger charge is 2.34. The van der Waals surface area contributed by atoms with Crippen LogP contribution in [0, 0.1) is 0 Å². The maximum absolute atomic E-state index is 12.5. The molecule has 7 nitrogen and oxygen atoms in total. The summed E-state index contributed by atoms with van der Waals surface area (Å²) < 4.78 is 11.3. The van der Waals surface area contributed by atoms with Crippen molar-refractivity contribution in [3.8, 4) is 0 Å². The van der Waals surface area contributed by atoms with E-state index in [9.17, 15) is 9.59 Å². The number of amides is 2. The van der Waals surface area contributed by atoms with Gasteiger partial charge in [0.2, 0.25) is 5.91 Å². The van der Waals surface area contributed by atoms with E-state index in [2.05, 4.69) is 10.2 Å². The Morgan fingerprint density at radius 3 is 2.38 bits per heavy atom. The van der Waals surface area contributed by atoms with Crippen LogP contribution < -0.4 is 5.32 Å². The first-order valence-electron chi connectivity index (χ1n) is 10.8. The monoisotopic (exact) mass is 401 g/mol. The van der Waals surface area contributed by atoms with E-state index in [4.69, 9.17) is 9.47 Å². The number of benzene rings is 1. The van der Waals surface area contributed by atoms with Gasteiger partial charge in [0.15, 0.2) is 6.29 Å². The molecule has 1 unspecified atom stereocenters. The molecule has 0 bridgehead atoms. The van der Waals surface area contributed by atoms with E-state index in [0.29, 0.717) is 26.3 Å². The fraction of sp³-hybridized carbons (Fsp3) is 0.636. The van der Waals surface area contributed by atoms with E-state index in [1.54, 1.807) is 0 Å². The van der Waals surface area contributed by atoms with Crippen molar-refractivity contribution in [3.05, 3.63) is 35.4 Å². The predicted molar refractivity (Wildman–Crippen MR) is 108 cm³/mol. The van der Waals surface area contributed by atoms with Crippen LogP contribution in [0.1, 0.15) is 48.0 Å². The predicted octanol–water partition coefficient (Wildman–Crippen LogP) is 1.77. The summed E-state index contributed by atoms with van der Waals surface area (Å²) in [4.78, 5) is 29.0. The number of hydrogen-bond donors (Lipinski definition) is 1. The van der Waals surface area contributed by atoms with Gasteiger partial charge in [-0.05, 0) is 49.9 Å². The number of carbonyl (C=O) groups excluding carboxylic acids is 2. The average molecular weight is 402 g/mol. The minimum atomic E-state index is -0.205. The molecule has 0 aromatic heterocycles. The van der Waals surface area contributed by atoms with E-state index in [0.717, 1.165) is 62.9 Å². The van der Waals surface area contributed by atoms with Crippen molar-refractivity contribution in [1.29, 1.82) is 0 Å². The fourth-order valence-electron chi connectivity index (χ4n) is 4.43. The molecule has 3 saturated heterocycles. The van der Waals surface area contributed by atoms with Crippen LogP contribution >= 0.6 is 0 Å². The van der Waals surface area contributed by atoms with Gasteiger partial charge in [-0.2, -0.15) is 0 Å². The number of nitrogens with zero attached hydrogens (tertiary/aromatic N) is 2. The van der Waals surface area contributed by atoms with Crippen LogP contribution in [0.15, 0.2) is 24.3 Å². The zero-order chi connectivity index (χ0) is 20.1. The topological polar surface area (TPSA) is 71.1 Å². The quantitative estimate of drug-likeness (QED) is 0.787. The molecule has 1 N–H and O–H groups in total. The second-order valence-electron chi connectivity index (χ2n) is 8.12.